The Bertz CT molecular complexity index is 595. The van der Waals surface area contributed by atoms with Crippen molar-refractivity contribution in [3.05, 3.63) is 36.9 Å². The zero-order valence-corrected chi connectivity index (χ0v) is 11.3. The zero-order chi connectivity index (χ0) is 13.9. The van der Waals surface area contributed by atoms with Crippen molar-refractivity contribution in [3.63, 3.8) is 0 Å². The van der Waals surface area contributed by atoms with Gasteiger partial charge in [0.25, 0.3) is 0 Å². The summed E-state index contributed by atoms with van der Waals surface area (Å²) >= 11 is 0. The highest BCUT2D eigenvalue weighted by molar-refractivity contribution is 5.93. The van der Waals surface area contributed by atoms with Crippen LogP contribution in [0.2, 0.25) is 0 Å². The van der Waals surface area contributed by atoms with Crippen molar-refractivity contribution in [3.8, 4) is 11.3 Å². The first kappa shape index (κ1) is 12.9. The molecule has 5 heteroatoms. The van der Waals surface area contributed by atoms with Crippen molar-refractivity contribution in [1.82, 2.24) is 10.3 Å². The summed E-state index contributed by atoms with van der Waals surface area (Å²) in [6, 6.07) is 7.59. The number of anilines is 1. The first-order chi connectivity index (χ1) is 9.74. The van der Waals surface area contributed by atoms with E-state index < -0.39 is 0 Å². The fraction of sp³-hybridized carbons (Fsp3) is 0.333. The molecule has 1 fully saturated rings. The molecule has 1 aliphatic rings. The van der Waals surface area contributed by atoms with Crippen molar-refractivity contribution in [2.75, 3.05) is 18.4 Å². The van der Waals surface area contributed by atoms with Gasteiger partial charge in [-0.25, -0.2) is 4.98 Å². The molecule has 2 heterocycles. The van der Waals surface area contributed by atoms with Gasteiger partial charge < -0.3 is 15.1 Å². The van der Waals surface area contributed by atoms with Crippen LogP contribution in [0.5, 0.6) is 0 Å². The van der Waals surface area contributed by atoms with Crippen LogP contribution in [0.25, 0.3) is 11.3 Å². The number of rotatable bonds is 3. The molecule has 2 atom stereocenters. The minimum Gasteiger partial charge on any atom is -0.444 e. The number of benzene rings is 1. The fourth-order valence-corrected chi connectivity index (χ4v) is 2.50. The number of amides is 1. The van der Waals surface area contributed by atoms with E-state index in [1.807, 2.05) is 24.3 Å². The van der Waals surface area contributed by atoms with Crippen LogP contribution < -0.4 is 10.6 Å². The topological polar surface area (TPSA) is 67.2 Å². The van der Waals surface area contributed by atoms with Gasteiger partial charge in [0.2, 0.25) is 5.91 Å². The fourth-order valence-electron chi connectivity index (χ4n) is 2.50. The summed E-state index contributed by atoms with van der Waals surface area (Å²) in [5.74, 6) is 1.16. The summed E-state index contributed by atoms with van der Waals surface area (Å²) < 4.78 is 5.26. The molecule has 5 nitrogen and oxygen atoms in total. The molecule has 0 unspecified atom stereocenters. The van der Waals surface area contributed by atoms with E-state index in [0.29, 0.717) is 11.7 Å². The number of aromatic nitrogens is 1. The molecular formula is C15H17N3O2. The van der Waals surface area contributed by atoms with Gasteiger partial charge in [-0.05, 0) is 24.6 Å². The van der Waals surface area contributed by atoms with Crippen molar-refractivity contribution >= 4 is 11.6 Å². The first-order valence-corrected chi connectivity index (χ1v) is 6.74. The molecular weight excluding hydrogens is 254 g/mol. The van der Waals surface area contributed by atoms with E-state index in [0.717, 1.165) is 24.3 Å². The maximum Gasteiger partial charge on any atom is 0.229 e. The predicted molar refractivity (Wildman–Crippen MR) is 76.1 cm³/mol. The molecule has 0 radical (unpaired) electrons. The van der Waals surface area contributed by atoms with Crippen LogP contribution in [-0.2, 0) is 4.79 Å². The van der Waals surface area contributed by atoms with Crippen LogP contribution in [0.15, 0.2) is 41.3 Å². The largest absolute Gasteiger partial charge is 0.444 e. The summed E-state index contributed by atoms with van der Waals surface area (Å²) in [7, 11) is 0. The summed E-state index contributed by atoms with van der Waals surface area (Å²) in [6.07, 6.45) is 3.05. The highest BCUT2D eigenvalue weighted by Gasteiger charge is 2.29. The minimum absolute atomic E-state index is 0.0314. The molecule has 1 aliphatic heterocycles. The quantitative estimate of drug-likeness (QED) is 0.897. The SMILES string of the molecule is C[C@@H]1CNC[C@H]1C(=O)Nc1cccc(-c2cnco2)c1. The number of oxazole rings is 1. The molecule has 20 heavy (non-hydrogen) atoms. The van der Waals surface area contributed by atoms with Crippen molar-refractivity contribution in [2.45, 2.75) is 6.92 Å². The minimum atomic E-state index is 0.0314. The summed E-state index contributed by atoms with van der Waals surface area (Å²) in [6.45, 7) is 3.74. The third kappa shape index (κ3) is 2.58. The Morgan fingerprint density at radius 1 is 1.45 bits per heavy atom. The average molecular weight is 271 g/mol. The van der Waals surface area contributed by atoms with Crippen LogP contribution in [0.1, 0.15) is 6.92 Å². The number of hydrogen-bond donors (Lipinski definition) is 2. The van der Waals surface area contributed by atoms with Crippen LogP contribution in [0.4, 0.5) is 5.69 Å². The molecule has 0 bridgehead atoms. The highest BCUT2D eigenvalue weighted by Crippen LogP contribution is 2.23. The van der Waals surface area contributed by atoms with Crippen LogP contribution in [0, 0.1) is 11.8 Å². The normalized spacial score (nSPS) is 21.9. The van der Waals surface area contributed by atoms with Gasteiger partial charge in [-0.1, -0.05) is 19.1 Å². The van der Waals surface area contributed by atoms with E-state index in [1.54, 1.807) is 6.20 Å². The Morgan fingerprint density at radius 2 is 2.35 bits per heavy atom. The monoisotopic (exact) mass is 271 g/mol. The standard InChI is InChI=1S/C15H17N3O2/c1-10-6-16-7-13(10)15(19)18-12-4-2-3-11(5-12)14-8-17-9-20-14/h2-5,8-10,13,16H,6-7H2,1H3,(H,18,19)/t10-,13-/m1/s1. The van der Waals surface area contributed by atoms with Crippen molar-refractivity contribution in [2.24, 2.45) is 11.8 Å². The predicted octanol–water partition coefficient (Wildman–Crippen LogP) is 2.14. The second-order valence-electron chi connectivity index (χ2n) is 5.18. The maximum absolute atomic E-state index is 12.2. The lowest BCUT2D eigenvalue weighted by molar-refractivity contribution is -0.120. The molecule has 104 valence electrons. The Kier molecular flexibility index (Phi) is 3.52. The Labute approximate surface area is 117 Å². The molecule has 0 spiro atoms. The summed E-state index contributed by atoms with van der Waals surface area (Å²) in [5.41, 5.74) is 1.68. The number of nitrogens with zero attached hydrogens (tertiary/aromatic N) is 1. The van der Waals surface area contributed by atoms with E-state index in [2.05, 4.69) is 22.5 Å². The van der Waals surface area contributed by atoms with Crippen LogP contribution in [-0.4, -0.2) is 24.0 Å². The van der Waals surface area contributed by atoms with E-state index in [9.17, 15) is 4.79 Å². The highest BCUT2D eigenvalue weighted by atomic mass is 16.3. The van der Waals surface area contributed by atoms with Gasteiger partial charge in [0.15, 0.2) is 12.2 Å². The third-order valence-electron chi connectivity index (χ3n) is 3.70. The molecule has 1 amide bonds. The maximum atomic E-state index is 12.2. The molecule has 1 saturated heterocycles. The number of carbonyl (C=O) groups is 1. The lowest BCUT2D eigenvalue weighted by Crippen LogP contribution is -2.27. The van der Waals surface area contributed by atoms with E-state index in [-0.39, 0.29) is 11.8 Å². The Morgan fingerprint density at radius 3 is 3.05 bits per heavy atom. The molecule has 2 aromatic rings. The van der Waals surface area contributed by atoms with E-state index >= 15 is 0 Å². The number of carbonyl (C=O) groups excluding carboxylic acids is 1. The van der Waals surface area contributed by atoms with Gasteiger partial charge in [0.05, 0.1) is 12.1 Å². The second-order valence-corrected chi connectivity index (χ2v) is 5.18. The van der Waals surface area contributed by atoms with Gasteiger partial charge in [-0.3, -0.25) is 4.79 Å². The average Bonchev–Trinajstić information content (AvgIpc) is 3.09. The molecule has 2 N–H and O–H groups in total. The van der Waals surface area contributed by atoms with Gasteiger partial charge in [-0.15, -0.1) is 0 Å². The number of nitrogens with one attached hydrogen (secondary N) is 2. The van der Waals surface area contributed by atoms with Gasteiger partial charge in [-0.2, -0.15) is 0 Å². The van der Waals surface area contributed by atoms with Crippen LogP contribution >= 0.6 is 0 Å². The summed E-state index contributed by atoms with van der Waals surface area (Å²) in [4.78, 5) is 16.1. The number of hydrogen-bond acceptors (Lipinski definition) is 4. The Hall–Kier alpha value is -2.14. The molecule has 3 rings (SSSR count). The zero-order valence-electron chi connectivity index (χ0n) is 11.3. The lowest BCUT2D eigenvalue weighted by Gasteiger charge is -2.14. The first-order valence-electron chi connectivity index (χ1n) is 6.74. The molecule has 1 aromatic heterocycles. The smallest absolute Gasteiger partial charge is 0.229 e. The molecule has 1 aromatic carbocycles. The van der Waals surface area contributed by atoms with Crippen molar-refractivity contribution in [1.29, 1.82) is 0 Å². The molecule has 0 saturated carbocycles. The summed E-state index contributed by atoms with van der Waals surface area (Å²) in [5, 5.41) is 6.21. The van der Waals surface area contributed by atoms with E-state index in [1.165, 1.54) is 6.39 Å². The molecule has 0 aliphatic carbocycles. The van der Waals surface area contributed by atoms with Gasteiger partial charge >= 0.3 is 0 Å². The Balaban J connectivity index is 1.74. The van der Waals surface area contributed by atoms with Gasteiger partial charge in [0.1, 0.15) is 0 Å². The van der Waals surface area contributed by atoms with E-state index in [4.69, 9.17) is 4.42 Å². The van der Waals surface area contributed by atoms with Crippen LogP contribution in [0.3, 0.4) is 0 Å². The van der Waals surface area contributed by atoms with Crippen molar-refractivity contribution < 1.29 is 9.21 Å². The second kappa shape index (κ2) is 5.46. The van der Waals surface area contributed by atoms with Gasteiger partial charge in [0, 0.05) is 17.8 Å². The lowest BCUT2D eigenvalue weighted by atomic mass is 9.97. The third-order valence-corrected chi connectivity index (χ3v) is 3.70.